The normalized spacial score (nSPS) is 12.6. The summed E-state index contributed by atoms with van der Waals surface area (Å²) in [5.74, 6) is 0.400. The second-order valence-corrected chi connectivity index (χ2v) is 8.02. The second-order valence-electron chi connectivity index (χ2n) is 5.42. The molecule has 1 unspecified atom stereocenters. The predicted octanol–water partition coefficient (Wildman–Crippen LogP) is 3.55. The minimum absolute atomic E-state index is 0.0782. The molecule has 0 heterocycles. The molecule has 134 valence electrons. The van der Waals surface area contributed by atoms with Crippen molar-refractivity contribution in [2.24, 2.45) is 0 Å². The van der Waals surface area contributed by atoms with E-state index in [1.165, 1.54) is 24.3 Å². The van der Waals surface area contributed by atoms with Gasteiger partial charge >= 0.3 is 0 Å². The molecule has 0 radical (unpaired) electrons. The van der Waals surface area contributed by atoms with Gasteiger partial charge in [0.2, 0.25) is 10.0 Å². The van der Waals surface area contributed by atoms with Crippen molar-refractivity contribution in [3.63, 3.8) is 0 Å². The molecular formula is C16H17BrN2O5S. The maximum Gasteiger partial charge on any atom is 0.269 e. The Balaban J connectivity index is 2.09. The zero-order valence-electron chi connectivity index (χ0n) is 13.6. The Morgan fingerprint density at radius 1 is 1.24 bits per heavy atom. The number of nitro groups is 1. The molecule has 0 aliphatic carbocycles. The van der Waals surface area contributed by atoms with Crippen LogP contribution in [0.5, 0.6) is 5.75 Å². The van der Waals surface area contributed by atoms with Crippen molar-refractivity contribution in [2.75, 3.05) is 7.11 Å². The Kier molecular flexibility index (Phi) is 6.15. The third kappa shape index (κ3) is 5.25. The standard InChI is InChI=1S/C16H17BrN2O5S/c1-11(13-5-8-16(24-2)15(17)9-13)18-25(22,23)10-12-3-6-14(7-4-12)19(20)21/h3-9,11,18H,10H2,1-2H3. The summed E-state index contributed by atoms with van der Waals surface area (Å²) in [6, 6.07) is 10.3. The summed E-state index contributed by atoms with van der Waals surface area (Å²) in [6.07, 6.45) is 0. The van der Waals surface area contributed by atoms with Gasteiger partial charge in [0.1, 0.15) is 5.75 Å². The highest BCUT2D eigenvalue weighted by Crippen LogP contribution is 2.28. The van der Waals surface area contributed by atoms with E-state index in [9.17, 15) is 18.5 Å². The molecule has 0 amide bonds. The highest BCUT2D eigenvalue weighted by molar-refractivity contribution is 9.10. The Bertz CT molecular complexity index is 869. The van der Waals surface area contributed by atoms with Crippen molar-refractivity contribution in [1.82, 2.24) is 4.72 Å². The summed E-state index contributed by atoms with van der Waals surface area (Å²) >= 11 is 3.37. The first-order valence-corrected chi connectivity index (χ1v) is 9.73. The van der Waals surface area contributed by atoms with Crippen molar-refractivity contribution < 1.29 is 18.1 Å². The zero-order valence-corrected chi connectivity index (χ0v) is 16.0. The number of rotatable bonds is 7. The van der Waals surface area contributed by atoms with Crippen LogP contribution in [0.25, 0.3) is 0 Å². The molecule has 0 aliphatic heterocycles. The molecule has 7 nitrogen and oxygen atoms in total. The number of nitrogens with one attached hydrogen (secondary N) is 1. The zero-order chi connectivity index (χ0) is 18.6. The van der Waals surface area contributed by atoms with Gasteiger partial charge in [-0.05, 0) is 46.1 Å². The molecule has 0 bridgehead atoms. The number of nitrogens with zero attached hydrogens (tertiary/aromatic N) is 1. The monoisotopic (exact) mass is 428 g/mol. The Morgan fingerprint density at radius 2 is 1.88 bits per heavy atom. The van der Waals surface area contributed by atoms with Crippen LogP contribution in [0.4, 0.5) is 5.69 Å². The molecule has 2 rings (SSSR count). The quantitative estimate of drug-likeness (QED) is 0.536. The average molecular weight is 429 g/mol. The van der Waals surface area contributed by atoms with Crippen LogP contribution in [0.2, 0.25) is 0 Å². The molecule has 1 atom stereocenters. The number of non-ortho nitro benzene ring substituents is 1. The molecule has 1 N–H and O–H groups in total. The summed E-state index contributed by atoms with van der Waals surface area (Å²) < 4.78 is 33.1. The van der Waals surface area contributed by atoms with E-state index in [0.717, 1.165) is 10.0 Å². The van der Waals surface area contributed by atoms with Crippen LogP contribution >= 0.6 is 15.9 Å². The van der Waals surface area contributed by atoms with Crippen LogP contribution in [0, 0.1) is 10.1 Å². The first-order chi connectivity index (χ1) is 11.7. The third-order valence-electron chi connectivity index (χ3n) is 3.54. The molecule has 0 fully saturated rings. The number of hydrogen-bond acceptors (Lipinski definition) is 5. The molecule has 25 heavy (non-hydrogen) atoms. The van der Waals surface area contributed by atoms with E-state index in [0.29, 0.717) is 11.3 Å². The van der Waals surface area contributed by atoms with E-state index >= 15 is 0 Å². The van der Waals surface area contributed by atoms with Gasteiger partial charge in [0, 0.05) is 18.2 Å². The topological polar surface area (TPSA) is 98.5 Å². The smallest absolute Gasteiger partial charge is 0.269 e. The summed E-state index contributed by atoms with van der Waals surface area (Å²) in [5.41, 5.74) is 1.17. The van der Waals surface area contributed by atoms with Crippen LogP contribution in [-0.2, 0) is 15.8 Å². The first-order valence-electron chi connectivity index (χ1n) is 7.28. The molecule has 2 aromatic carbocycles. The van der Waals surface area contributed by atoms with Gasteiger partial charge in [-0.1, -0.05) is 18.2 Å². The van der Waals surface area contributed by atoms with Gasteiger partial charge in [0.05, 0.1) is 22.3 Å². The third-order valence-corrected chi connectivity index (χ3v) is 5.58. The van der Waals surface area contributed by atoms with Crippen molar-refractivity contribution >= 4 is 31.6 Å². The van der Waals surface area contributed by atoms with Crippen LogP contribution in [0.3, 0.4) is 0 Å². The van der Waals surface area contributed by atoms with Crippen molar-refractivity contribution in [3.05, 3.63) is 68.2 Å². The highest BCUT2D eigenvalue weighted by Gasteiger charge is 2.18. The van der Waals surface area contributed by atoms with E-state index in [4.69, 9.17) is 4.74 Å². The van der Waals surface area contributed by atoms with Crippen LogP contribution in [0.15, 0.2) is 46.9 Å². The van der Waals surface area contributed by atoms with Crippen LogP contribution < -0.4 is 9.46 Å². The molecule has 0 saturated heterocycles. The van der Waals surface area contributed by atoms with E-state index in [1.54, 1.807) is 32.2 Å². The van der Waals surface area contributed by atoms with Crippen molar-refractivity contribution in [1.29, 1.82) is 0 Å². The van der Waals surface area contributed by atoms with Gasteiger partial charge in [0.15, 0.2) is 0 Å². The number of sulfonamides is 1. The molecule has 0 spiro atoms. The summed E-state index contributed by atoms with van der Waals surface area (Å²) in [6.45, 7) is 1.74. The fourth-order valence-electron chi connectivity index (χ4n) is 2.26. The Labute approximate surface area is 154 Å². The molecule has 0 saturated carbocycles. The molecule has 0 aliphatic rings. The lowest BCUT2D eigenvalue weighted by Crippen LogP contribution is -2.28. The fourth-order valence-corrected chi connectivity index (χ4v) is 4.21. The number of ether oxygens (including phenoxy) is 1. The summed E-state index contributed by atoms with van der Waals surface area (Å²) in [4.78, 5) is 10.1. The molecule has 2 aromatic rings. The van der Waals surface area contributed by atoms with E-state index in [1.807, 2.05) is 0 Å². The summed E-state index contributed by atoms with van der Waals surface area (Å²) in [5, 5.41) is 10.6. The Hall–Kier alpha value is -1.97. The molecular weight excluding hydrogens is 412 g/mol. The van der Waals surface area contributed by atoms with E-state index < -0.39 is 21.0 Å². The van der Waals surface area contributed by atoms with Crippen LogP contribution in [0.1, 0.15) is 24.1 Å². The van der Waals surface area contributed by atoms with Crippen molar-refractivity contribution in [2.45, 2.75) is 18.7 Å². The average Bonchev–Trinajstić information content (AvgIpc) is 2.54. The molecule has 9 heteroatoms. The van der Waals surface area contributed by atoms with Gasteiger partial charge in [0.25, 0.3) is 5.69 Å². The van der Waals surface area contributed by atoms with E-state index in [-0.39, 0.29) is 11.4 Å². The fraction of sp³-hybridized carbons (Fsp3) is 0.250. The number of methoxy groups -OCH3 is 1. The van der Waals surface area contributed by atoms with Gasteiger partial charge in [-0.3, -0.25) is 10.1 Å². The van der Waals surface area contributed by atoms with E-state index in [2.05, 4.69) is 20.7 Å². The predicted molar refractivity (Wildman–Crippen MR) is 98.0 cm³/mol. The lowest BCUT2D eigenvalue weighted by atomic mass is 10.1. The SMILES string of the molecule is COc1ccc(C(C)NS(=O)(=O)Cc2ccc([N+](=O)[O-])cc2)cc1Br. The number of benzene rings is 2. The largest absolute Gasteiger partial charge is 0.496 e. The van der Waals surface area contributed by atoms with Gasteiger partial charge in [-0.2, -0.15) is 0 Å². The first kappa shape index (κ1) is 19.4. The van der Waals surface area contributed by atoms with Crippen molar-refractivity contribution in [3.8, 4) is 5.75 Å². The maximum absolute atomic E-state index is 12.3. The highest BCUT2D eigenvalue weighted by atomic mass is 79.9. The second kappa shape index (κ2) is 7.94. The number of hydrogen-bond donors (Lipinski definition) is 1. The number of nitro benzene ring substituents is 1. The minimum Gasteiger partial charge on any atom is -0.496 e. The lowest BCUT2D eigenvalue weighted by molar-refractivity contribution is -0.384. The maximum atomic E-state index is 12.3. The lowest BCUT2D eigenvalue weighted by Gasteiger charge is -2.16. The Morgan fingerprint density at radius 3 is 2.40 bits per heavy atom. The van der Waals surface area contributed by atoms with Gasteiger partial charge in [-0.25, -0.2) is 13.1 Å². The van der Waals surface area contributed by atoms with Crippen LogP contribution in [-0.4, -0.2) is 20.5 Å². The minimum atomic E-state index is -3.61. The van der Waals surface area contributed by atoms with Gasteiger partial charge < -0.3 is 4.74 Å². The number of halogens is 1. The summed E-state index contributed by atoms with van der Waals surface area (Å²) in [7, 11) is -2.06. The molecule has 0 aromatic heterocycles. The van der Waals surface area contributed by atoms with Gasteiger partial charge in [-0.15, -0.1) is 0 Å².